The Morgan fingerprint density at radius 3 is 2.76 bits per heavy atom. The summed E-state index contributed by atoms with van der Waals surface area (Å²) in [5.74, 6) is 0.264. The van der Waals surface area contributed by atoms with Gasteiger partial charge in [0.15, 0.2) is 0 Å². The van der Waals surface area contributed by atoms with Gasteiger partial charge in [0, 0.05) is 38.9 Å². The van der Waals surface area contributed by atoms with Crippen molar-refractivity contribution in [3.63, 3.8) is 0 Å². The largest absolute Gasteiger partial charge is 0.375 e. The Bertz CT molecular complexity index is 740. The molecular weight excluding hydrogens is 370 g/mol. The fourth-order valence-electron chi connectivity index (χ4n) is 5.51. The molecule has 4 rings (SSSR count). The number of likely N-dealkylation sites (tertiary alicyclic amines) is 2. The first kappa shape index (κ1) is 20.3. The van der Waals surface area contributed by atoms with Crippen molar-refractivity contribution in [2.75, 3.05) is 46.4 Å². The van der Waals surface area contributed by atoms with Gasteiger partial charge in [-0.05, 0) is 38.8 Å². The fraction of sp³-hybridized carbons (Fsp3) is 0.762. The molecular formula is C21H33N5O3. The third-order valence-electron chi connectivity index (χ3n) is 7.04. The van der Waals surface area contributed by atoms with Gasteiger partial charge in [0.2, 0.25) is 11.8 Å². The number of ether oxygens (including phenoxy) is 1. The number of hydrogen-bond donors (Lipinski definition) is 1. The van der Waals surface area contributed by atoms with Crippen LogP contribution < -0.4 is 0 Å². The average Bonchev–Trinajstić information content (AvgIpc) is 3.24. The summed E-state index contributed by atoms with van der Waals surface area (Å²) in [7, 11) is 1.55. The molecule has 3 aliphatic rings. The fourth-order valence-corrected chi connectivity index (χ4v) is 5.51. The van der Waals surface area contributed by atoms with Crippen LogP contribution in [0, 0.1) is 0 Å². The van der Waals surface area contributed by atoms with Crippen molar-refractivity contribution in [2.24, 2.45) is 0 Å². The summed E-state index contributed by atoms with van der Waals surface area (Å²) in [6.45, 7) is 6.14. The predicted octanol–water partition coefficient (Wildman–Crippen LogP) is 1.13. The highest BCUT2D eigenvalue weighted by Gasteiger charge is 2.49. The highest BCUT2D eigenvalue weighted by atomic mass is 16.5. The molecule has 0 bridgehead atoms. The number of rotatable bonds is 4. The number of fused-ring (bicyclic) bond motifs is 2. The number of aromatic nitrogens is 2. The summed E-state index contributed by atoms with van der Waals surface area (Å²) in [5, 5.41) is 0. The summed E-state index contributed by atoms with van der Waals surface area (Å²) >= 11 is 0. The van der Waals surface area contributed by atoms with Crippen molar-refractivity contribution < 1.29 is 14.3 Å². The molecule has 1 unspecified atom stereocenters. The Labute approximate surface area is 172 Å². The topological polar surface area (TPSA) is 81.8 Å². The SMILES string of the molecule is CCN1CCCCC1C(=O)N1CCC2(CC1)c1nc[nH]c1CCN2C(=O)COC. The minimum absolute atomic E-state index is 0.00497. The van der Waals surface area contributed by atoms with E-state index in [1.165, 1.54) is 6.42 Å². The number of carbonyl (C=O) groups is 2. The first-order valence-electron chi connectivity index (χ1n) is 11.0. The molecule has 29 heavy (non-hydrogen) atoms. The van der Waals surface area contributed by atoms with Crippen LogP contribution in [0.4, 0.5) is 0 Å². The van der Waals surface area contributed by atoms with Crippen LogP contribution >= 0.6 is 0 Å². The molecule has 160 valence electrons. The molecule has 3 aliphatic heterocycles. The zero-order chi connectivity index (χ0) is 20.4. The van der Waals surface area contributed by atoms with Crippen molar-refractivity contribution in [1.82, 2.24) is 24.7 Å². The lowest BCUT2D eigenvalue weighted by molar-refractivity contribution is -0.149. The average molecular weight is 404 g/mol. The maximum absolute atomic E-state index is 13.3. The van der Waals surface area contributed by atoms with Crippen molar-refractivity contribution in [2.45, 2.75) is 57.0 Å². The zero-order valence-corrected chi connectivity index (χ0v) is 17.7. The second kappa shape index (κ2) is 8.44. The Kier molecular flexibility index (Phi) is 5.92. The van der Waals surface area contributed by atoms with Gasteiger partial charge in [0.1, 0.15) is 6.61 Å². The van der Waals surface area contributed by atoms with E-state index in [9.17, 15) is 9.59 Å². The number of imidazole rings is 1. The number of likely N-dealkylation sites (N-methyl/N-ethyl adjacent to an activating group) is 1. The van der Waals surface area contributed by atoms with Crippen LogP contribution in [0.5, 0.6) is 0 Å². The van der Waals surface area contributed by atoms with E-state index in [1.54, 1.807) is 13.4 Å². The number of piperidine rings is 2. The Morgan fingerprint density at radius 2 is 2.03 bits per heavy atom. The first-order chi connectivity index (χ1) is 14.1. The van der Waals surface area contributed by atoms with Crippen molar-refractivity contribution in [3.8, 4) is 0 Å². The minimum Gasteiger partial charge on any atom is -0.375 e. The summed E-state index contributed by atoms with van der Waals surface area (Å²) in [6, 6.07) is 0.0151. The molecule has 8 heteroatoms. The number of H-pyrrole nitrogens is 1. The van der Waals surface area contributed by atoms with E-state index in [0.717, 1.165) is 56.6 Å². The van der Waals surface area contributed by atoms with Gasteiger partial charge in [-0.3, -0.25) is 14.5 Å². The normalized spacial score (nSPS) is 24.6. The molecule has 1 aromatic rings. The van der Waals surface area contributed by atoms with Crippen molar-refractivity contribution in [3.05, 3.63) is 17.7 Å². The number of hydrogen-bond acceptors (Lipinski definition) is 5. The van der Waals surface area contributed by atoms with Gasteiger partial charge in [0.25, 0.3) is 0 Å². The Hall–Kier alpha value is -1.93. The number of nitrogens with zero attached hydrogens (tertiary/aromatic N) is 4. The van der Waals surface area contributed by atoms with Crippen LogP contribution in [0.15, 0.2) is 6.33 Å². The molecule has 1 atom stereocenters. The zero-order valence-electron chi connectivity index (χ0n) is 17.7. The van der Waals surface area contributed by atoms with Crippen LogP contribution in [0.2, 0.25) is 0 Å². The molecule has 0 aromatic carbocycles. The van der Waals surface area contributed by atoms with Crippen molar-refractivity contribution in [1.29, 1.82) is 0 Å². The van der Waals surface area contributed by atoms with Crippen LogP contribution in [-0.4, -0.2) is 89.0 Å². The lowest BCUT2D eigenvalue weighted by Crippen LogP contribution is -2.61. The molecule has 2 fully saturated rings. The minimum atomic E-state index is -0.434. The van der Waals surface area contributed by atoms with Gasteiger partial charge in [-0.2, -0.15) is 0 Å². The molecule has 1 aromatic heterocycles. The van der Waals surface area contributed by atoms with Crippen LogP contribution in [0.25, 0.3) is 0 Å². The van der Waals surface area contributed by atoms with Gasteiger partial charge in [0.05, 0.1) is 23.6 Å². The molecule has 0 radical (unpaired) electrons. The van der Waals surface area contributed by atoms with Gasteiger partial charge in [-0.15, -0.1) is 0 Å². The number of carbonyl (C=O) groups excluding carboxylic acids is 2. The maximum atomic E-state index is 13.3. The van der Waals surface area contributed by atoms with E-state index < -0.39 is 5.54 Å². The second-order valence-corrected chi connectivity index (χ2v) is 8.46. The standard InChI is InChI=1S/C21H33N5O3/c1-3-24-10-5-4-6-17(24)20(28)25-12-8-21(9-13-25)19-16(22-15-23-19)7-11-26(21)18(27)14-29-2/h15,17H,3-14H2,1-2H3,(H,22,23). The molecule has 2 saturated heterocycles. The highest BCUT2D eigenvalue weighted by molar-refractivity contribution is 5.82. The van der Waals surface area contributed by atoms with Gasteiger partial charge >= 0.3 is 0 Å². The molecule has 2 amide bonds. The number of methoxy groups -OCH3 is 1. The molecule has 1 spiro atoms. The highest BCUT2D eigenvalue weighted by Crippen LogP contribution is 2.42. The Morgan fingerprint density at radius 1 is 1.24 bits per heavy atom. The monoisotopic (exact) mass is 403 g/mol. The van der Waals surface area contributed by atoms with Crippen LogP contribution in [0.1, 0.15) is 50.4 Å². The molecule has 8 nitrogen and oxygen atoms in total. The second-order valence-electron chi connectivity index (χ2n) is 8.46. The molecule has 1 N–H and O–H groups in total. The lowest BCUT2D eigenvalue weighted by atomic mass is 9.78. The number of nitrogens with one attached hydrogen (secondary N) is 1. The quantitative estimate of drug-likeness (QED) is 0.815. The summed E-state index contributed by atoms with van der Waals surface area (Å²) in [5.41, 5.74) is 1.67. The number of amides is 2. The summed E-state index contributed by atoms with van der Waals surface area (Å²) < 4.78 is 5.13. The van der Waals surface area contributed by atoms with Crippen LogP contribution in [0.3, 0.4) is 0 Å². The van der Waals surface area contributed by atoms with E-state index >= 15 is 0 Å². The predicted molar refractivity (Wildman–Crippen MR) is 108 cm³/mol. The Balaban J connectivity index is 1.52. The number of aromatic amines is 1. The van der Waals surface area contributed by atoms with E-state index in [0.29, 0.717) is 19.6 Å². The van der Waals surface area contributed by atoms with Crippen molar-refractivity contribution >= 4 is 11.8 Å². The summed E-state index contributed by atoms with van der Waals surface area (Å²) in [6.07, 6.45) is 7.23. The van der Waals surface area contributed by atoms with Crippen LogP contribution in [-0.2, 0) is 26.3 Å². The van der Waals surface area contributed by atoms with Gasteiger partial charge in [-0.1, -0.05) is 13.3 Å². The lowest BCUT2D eigenvalue weighted by Gasteiger charge is -2.51. The molecule has 4 heterocycles. The summed E-state index contributed by atoms with van der Waals surface area (Å²) in [4.78, 5) is 40.2. The smallest absolute Gasteiger partial charge is 0.249 e. The maximum Gasteiger partial charge on any atom is 0.249 e. The molecule has 0 aliphatic carbocycles. The third kappa shape index (κ3) is 3.57. The van der Waals surface area contributed by atoms with E-state index in [-0.39, 0.29) is 24.5 Å². The van der Waals surface area contributed by atoms with Gasteiger partial charge < -0.3 is 19.5 Å². The van der Waals surface area contributed by atoms with E-state index in [1.807, 2.05) is 9.80 Å². The first-order valence-corrected chi connectivity index (χ1v) is 11.0. The third-order valence-corrected chi connectivity index (χ3v) is 7.04. The van der Waals surface area contributed by atoms with E-state index in [4.69, 9.17) is 4.74 Å². The van der Waals surface area contributed by atoms with E-state index in [2.05, 4.69) is 21.8 Å². The molecule has 0 saturated carbocycles. The van der Waals surface area contributed by atoms with Gasteiger partial charge in [-0.25, -0.2) is 4.98 Å².